The van der Waals surface area contributed by atoms with Crippen LogP contribution in [0.25, 0.3) is 32.9 Å². The normalized spacial score (nSPS) is 18.6. The van der Waals surface area contributed by atoms with Crippen LogP contribution in [0.3, 0.4) is 0 Å². The van der Waals surface area contributed by atoms with Crippen LogP contribution in [0, 0.1) is 28.5 Å². The first-order valence-corrected chi connectivity index (χ1v) is 22.0. The lowest BCUT2D eigenvalue weighted by molar-refractivity contribution is -0.154. The molecular formula is C43H52F5N5O5Si. The lowest BCUT2D eigenvalue weighted by Gasteiger charge is -2.54. The Morgan fingerprint density at radius 3 is 2.31 bits per heavy atom. The standard InChI is InChI=1S/C43H52F5N5O5Si/c1-24(2)59(25(3)4,26(5)6)16-14-30-33(44)12-11-27-17-29(58-23-56-10)18-31(34(27)30)36-35(45)37-32(19-49-36)38(51-39(50-37)57-22-43(46,47)48)52-20-28-13-15-42(21-52,41(7,8)9)53(28)40(54)55/h11-12,17-19,24-26,28H,13,15,20-23H2,1-10H3,(H,54,55)/t28-,42-/m0/s1. The molecule has 59 heavy (non-hydrogen) atoms. The van der Waals surface area contributed by atoms with Gasteiger partial charge in [-0.2, -0.15) is 23.1 Å². The minimum absolute atomic E-state index is 0.0488. The van der Waals surface area contributed by atoms with Gasteiger partial charge >= 0.3 is 18.3 Å². The number of amides is 1. The van der Waals surface area contributed by atoms with Gasteiger partial charge in [-0.15, -0.1) is 5.54 Å². The van der Waals surface area contributed by atoms with Crippen LogP contribution in [0.1, 0.15) is 80.7 Å². The Morgan fingerprint density at radius 1 is 1.03 bits per heavy atom. The first kappa shape index (κ1) is 43.8. The summed E-state index contributed by atoms with van der Waals surface area (Å²) in [7, 11) is -0.947. The van der Waals surface area contributed by atoms with Crippen molar-refractivity contribution in [2.75, 3.05) is 38.5 Å². The summed E-state index contributed by atoms with van der Waals surface area (Å²) in [5, 5.41) is 11.1. The molecule has 0 aliphatic carbocycles. The monoisotopic (exact) mass is 841 g/mol. The van der Waals surface area contributed by atoms with Gasteiger partial charge in [0.1, 0.15) is 36.7 Å². The molecular weight excluding hydrogens is 790 g/mol. The Labute approximate surface area is 342 Å². The molecule has 2 aromatic heterocycles. The van der Waals surface area contributed by atoms with Gasteiger partial charge < -0.3 is 24.2 Å². The molecule has 2 aromatic carbocycles. The highest BCUT2D eigenvalue weighted by molar-refractivity contribution is 6.90. The maximum absolute atomic E-state index is 17.5. The summed E-state index contributed by atoms with van der Waals surface area (Å²) in [6.45, 7) is 17.0. The van der Waals surface area contributed by atoms with Crippen molar-refractivity contribution < 1.29 is 46.1 Å². The predicted octanol–water partition coefficient (Wildman–Crippen LogP) is 10.4. The van der Waals surface area contributed by atoms with Gasteiger partial charge in [0.15, 0.2) is 19.2 Å². The summed E-state index contributed by atoms with van der Waals surface area (Å²) < 4.78 is 90.1. The molecule has 2 saturated heterocycles. The van der Waals surface area contributed by atoms with Crippen molar-refractivity contribution in [3.05, 3.63) is 47.7 Å². The summed E-state index contributed by atoms with van der Waals surface area (Å²) in [4.78, 5) is 29.0. The summed E-state index contributed by atoms with van der Waals surface area (Å²) in [6, 6.07) is 4.81. The van der Waals surface area contributed by atoms with Crippen molar-refractivity contribution in [2.24, 2.45) is 5.41 Å². The molecule has 0 spiro atoms. The molecule has 2 aliphatic rings. The fourth-order valence-electron chi connectivity index (χ4n) is 9.64. The van der Waals surface area contributed by atoms with Gasteiger partial charge in [-0.1, -0.05) is 74.3 Å². The molecule has 0 saturated carbocycles. The predicted molar refractivity (Wildman–Crippen MR) is 219 cm³/mol. The molecule has 0 unspecified atom stereocenters. The first-order chi connectivity index (χ1) is 27.6. The van der Waals surface area contributed by atoms with E-state index >= 15 is 8.78 Å². The molecule has 4 heterocycles. The van der Waals surface area contributed by atoms with Crippen LogP contribution in [-0.4, -0.2) is 90.5 Å². The minimum Gasteiger partial charge on any atom is -0.468 e. The number of rotatable bonds is 10. The van der Waals surface area contributed by atoms with E-state index in [1.807, 2.05) is 20.8 Å². The number of hydrogen-bond acceptors (Lipinski definition) is 8. The van der Waals surface area contributed by atoms with Crippen LogP contribution >= 0.6 is 0 Å². The van der Waals surface area contributed by atoms with Crippen molar-refractivity contribution in [2.45, 2.75) is 110 Å². The lowest BCUT2D eigenvalue weighted by atomic mass is 9.71. The minimum atomic E-state index is -4.76. The third kappa shape index (κ3) is 7.88. The number of benzene rings is 2. The third-order valence-corrected chi connectivity index (χ3v) is 18.7. The maximum Gasteiger partial charge on any atom is 0.422 e. The zero-order valence-electron chi connectivity index (χ0n) is 35.1. The lowest BCUT2D eigenvalue weighted by Crippen LogP contribution is -2.68. The van der Waals surface area contributed by atoms with Crippen LogP contribution in [0.15, 0.2) is 30.5 Å². The molecule has 2 bridgehead atoms. The number of halogens is 5. The fraction of sp³-hybridized carbons (Fsp3) is 0.535. The van der Waals surface area contributed by atoms with Gasteiger partial charge in [0.25, 0.3) is 0 Å². The van der Waals surface area contributed by atoms with Crippen molar-refractivity contribution in [1.82, 2.24) is 19.9 Å². The number of pyridine rings is 1. The summed E-state index contributed by atoms with van der Waals surface area (Å²) in [6.07, 6.45) is -3.42. The number of fused-ring (bicyclic) bond motifs is 4. The number of carboxylic acid groups (broad SMARTS) is 1. The van der Waals surface area contributed by atoms with Crippen LogP contribution in [0.2, 0.25) is 16.6 Å². The number of piperazine rings is 1. The number of ether oxygens (including phenoxy) is 3. The Hall–Kier alpha value is -4.75. The zero-order valence-corrected chi connectivity index (χ0v) is 36.1. The number of carbonyl (C=O) groups is 1. The number of methoxy groups -OCH3 is 1. The third-order valence-electron chi connectivity index (χ3n) is 12.4. The van der Waals surface area contributed by atoms with Crippen LogP contribution in [0.5, 0.6) is 11.8 Å². The molecule has 0 radical (unpaired) electrons. The van der Waals surface area contributed by atoms with Crippen LogP contribution < -0.4 is 14.4 Å². The van der Waals surface area contributed by atoms with E-state index in [4.69, 9.17) is 14.2 Å². The van der Waals surface area contributed by atoms with Gasteiger partial charge in [0, 0.05) is 37.3 Å². The molecule has 10 nitrogen and oxygen atoms in total. The van der Waals surface area contributed by atoms with E-state index in [0.717, 1.165) is 0 Å². The molecule has 2 aliphatic heterocycles. The van der Waals surface area contributed by atoms with E-state index in [0.29, 0.717) is 18.2 Å². The highest BCUT2D eigenvalue weighted by Crippen LogP contribution is 2.51. The Kier molecular flexibility index (Phi) is 11.9. The topological polar surface area (TPSA) is 110 Å². The molecule has 6 rings (SSSR count). The molecule has 2 fully saturated rings. The quantitative estimate of drug-likeness (QED) is 0.0722. The summed E-state index contributed by atoms with van der Waals surface area (Å²) in [5.74, 6) is 1.88. The van der Waals surface area contributed by atoms with Crippen molar-refractivity contribution in [3.8, 4) is 34.5 Å². The molecule has 4 aromatic rings. The van der Waals surface area contributed by atoms with E-state index < -0.39 is 61.6 Å². The van der Waals surface area contributed by atoms with Crippen LogP contribution in [-0.2, 0) is 4.74 Å². The van der Waals surface area contributed by atoms with Gasteiger partial charge in [0.2, 0.25) is 0 Å². The summed E-state index contributed by atoms with van der Waals surface area (Å²) in [5.41, 5.74) is 2.32. The van der Waals surface area contributed by atoms with E-state index in [9.17, 15) is 23.1 Å². The van der Waals surface area contributed by atoms with Gasteiger partial charge in [-0.25, -0.2) is 13.6 Å². The molecule has 1 N–H and O–H groups in total. The van der Waals surface area contributed by atoms with Crippen molar-refractivity contribution in [3.63, 3.8) is 0 Å². The van der Waals surface area contributed by atoms with Crippen molar-refractivity contribution >= 4 is 41.7 Å². The Balaban J connectivity index is 1.62. The zero-order chi connectivity index (χ0) is 43.4. The highest BCUT2D eigenvalue weighted by Gasteiger charge is 2.59. The highest BCUT2D eigenvalue weighted by atomic mass is 28.3. The first-order valence-electron chi connectivity index (χ1n) is 19.8. The maximum atomic E-state index is 17.5. The molecule has 1 amide bonds. The van der Waals surface area contributed by atoms with E-state index in [-0.39, 0.29) is 81.2 Å². The second-order valence-corrected chi connectivity index (χ2v) is 23.2. The molecule has 318 valence electrons. The number of anilines is 1. The Morgan fingerprint density at radius 2 is 1.71 bits per heavy atom. The molecule has 16 heteroatoms. The Bertz CT molecular complexity index is 2300. The van der Waals surface area contributed by atoms with Crippen LogP contribution in [0.4, 0.5) is 32.6 Å². The van der Waals surface area contributed by atoms with E-state index in [2.05, 4.69) is 68.0 Å². The fourth-order valence-corrected chi connectivity index (χ4v) is 14.8. The number of alkyl halides is 3. The SMILES string of the molecule is COCOc1cc(-c2ncc3c(N4C[C@@H]5CC[C@@](C(C)(C)C)(C4)N5C(=O)O)nc(OCC(F)(F)F)nc3c2F)c2c(C#C[Si](C(C)C)(C(C)C)C(C)C)c(F)ccc2c1. The van der Waals surface area contributed by atoms with Crippen molar-refractivity contribution in [1.29, 1.82) is 0 Å². The summed E-state index contributed by atoms with van der Waals surface area (Å²) >= 11 is 0. The van der Waals surface area contributed by atoms with E-state index in [1.165, 1.54) is 36.4 Å². The van der Waals surface area contributed by atoms with E-state index in [1.54, 1.807) is 11.0 Å². The average Bonchev–Trinajstić information content (AvgIpc) is 3.40. The smallest absolute Gasteiger partial charge is 0.422 e. The van der Waals surface area contributed by atoms with Gasteiger partial charge in [-0.3, -0.25) is 9.88 Å². The van der Waals surface area contributed by atoms with Gasteiger partial charge in [0.05, 0.1) is 22.5 Å². The number of nitrogens with zero attached hydrogens (tertiary/aromatic N) is 5. The second kappa shape index (κ2) is 16.0. The average molecular weight is 842 g/mol. The molecule has 2 atom stereocenters. The largest absolute Gasteiger partial charge is 0.468 e. The number of aromatic nitrogens is 3. The van der Waals surface area contributed by atoms with Gasteiger partial charge in [-0.05, 0) is 58.5 Å². The second-order valence-electron chi connectivity index (χ2n) is 17.6. The number of hydrogen-bond donors (Lipinski definition) is 1.